The molecule has 0 amide bonds. The summed E-state index contributed by atoms with van der Waals surface area (Å²) in [4.78, 5) is 3.40. The predicted octanol–water partition coefficient (Wildman–Crippen LogP) is 4.91. The van der Waals surface area contributed by atoms with Crippen molar-refractivity contribution in [2.75, 3.05) is 26.7 Å². The predicted molar refractivity (Wildman–Crippen MR) is 98.3 cm³/mol. The lowest BCUT2D eigenvalue weighted by atomic mass is 10.1. The van der Waals surface area contributed by atoms with Gasteiger partial charge in [-0.25, -0.2) is 13.2 Å². The Kier molecular flexibility index (Phi) is 6.48. The molecule has 0 spiro atoms. The monoisotopic (exact) mass is 381 g/mol. The Bertz CT molecular complexity index is 748. The van der Waals surface area contributed by atoms with E-state index >= 15 is 0 Å². The molecule has 2 aromatic carbocycles. The fourth-order valence-corrected chi connectivity index (χ4v) is 4.41. The van der Waals surface area contributed by atoms with Crippen LogP contribution in [-0.2, 0) is 6.42 Å². The SMILES string of the molecule is COc1ccccc1SC1CCN(CCc2ccc(F)c(F)c2F)CC1. The van der Waals surface area contributed by atoms with Gasteiger partial charge in [0.05, 0.1) is 7.11 Å². The first-order chi connectivity index (χ1) is 12.6. The number of halogens is 3. The van der Waals surface area contributed by atoms with Crippen LogP contribution in [0.3, 0.4) is 0 Å². The molecule has 0 saturated carbocycles. The summed E-state index contributed by atoms with van der Waals surface area (Å²) in [6.45, 7) is 2.48. The number of likely N-dealkylation sites (tertiary alicyclic amines) is 1. The van der Waals surface area contributed by atoms with E-state index in [2.05, 4.69) is 11.0 Å². The minimum absolute atomic E-state index is 0.231. The quantitative estimate of drug-likeness (QED) is 0.660. The molecule has 0 radical (unpaired) electrons. The van der Waals surface area contributed by atoms with Crippen LogP contribution in [0, 0.1) is 17.5 Å². The first kappa shape index (κ1) is 19.1. The Morgan fingerprint density at radius 2 is 1.77 bits per heavy atom. The normalized spacial score (nSPS) is 16.0. The molecule has 1 aliphatic rings. The van der Waals surface area contributed by atoms with Crippen LogP contribution >= 0.6 is 11.8 Å². The number of piperidine rings is 1. The Labute approximate surface area is 156 Å². The number of thioether (sulfide) groups is 1. The molecule has 1 aliphatic heterocycles. The summed E-state index contributed by atoms with van der Waals surface area (Å²) in [5, 5.41) is 0.516. The minimum atomic E-state index is -1.38. The van der Waals surface area contributed by atoms with Crippen molar-refractivity contribution < 1.29 is 17.9 Å². The molecule has 0 aromatic heterocycles. The molecule has 6 heteroatoms. The maximum Gasteiger partial charge on any atom is 0.194 e. The number of ether oxygens (including phenoxy) is 1. The van der Waals surface area contributed by atoms with E-state index in [9.17, 15) is 13.2 Å². The van der Waals surface area contributed by atoms with Gasteiger partial charge in [0, 0.05) is 16.7 Å². The highest BCUT2D eigenvalue weighted by Crippen LogP contribution is 2.36. The van der Waals surface area contributed by atoms with Crippen LogP contribution in [0.1, 0.15) is 18.4 Å². The van der Waals surface area contributed by atoms with Gasteiger partial charge in [0.25, 0.3) is 0 Å². The lowest BCUT2D eigenvalue weighted by Gasteiger charge is -2.31. The molecule has 0 atom stereocenters. The van der Waals surface area contributed by atoms with Crippen molar-refractivity contribution in [3.05, 3.63) is 59.4 Å². The van der Waals surface area contributed by atoms with E-state index in [1.54, 1.807) is 7.11 Å². The number of hydrogen-bond donors (Lipinski definition) is 0. The van der Waals surface area contributed by atoms with Gasteiger partial charge >= 0.3 is 0 Å². The van der Waals surface area contributed by atoms with Crippen LogP contribution in [-0.4, -0.2) is 36.9 Å². The average Bonchev–Trinajstić information content (AvgIpc) is 2.67. The van der Waals surface area contributed by atoms with Crippen molar-refractivity contribution in [1.82, 2.24) is 4.90 Å². The molecule has 2 aromatic rings. The van der Waals surface area contributed by atoms with Crippen molar-refractivity contribution >= 4 is 11.8 Å². The molecule has 3 rings (SSSR count). The number of methoxy groups -OCH3 is 1. The fourth-order valence-electron chi connectivity index (χ4n) is 3.18. The third-order valence-corrected chi connectivity index (χ3v) is 6.11. The maximum absolute atomic E-state index is 13.7. The van der Waals surface area contributed by atoms with E-state index < -0.39 is 17.5 Å². The van der Waals surface area contributed by atoms with Gasteiger partial charge in [-0.15, -0.1) is 11.8 Å². The Balaban J connectivity index is 1.49. The highest BCUT2D eigenvalue weighted by molar-refractivity contribution is 8.00. The molecule has 1 saturated heterocycles. The van der Waals surface area contributed by atoms with Gasteiger partial charge < -0.3 is 9.64 Å². The fraction of sp³-hybridized carbons (Fsp3) is 0.400. The molecule has 0 N–H and O–H groups in total. The van der Waals surface area contributed by atoms with Gasteiger partial charge in [0.15, 0.2) is 17.5 Å². The Morgan fingerprint density at radius 1 is 1.04 bits per heavy atom. The standard InChI is InChI=1S/C20H22F3NOS/c1-25-17-4-2-3-5-18(17)26-15-9-12-24(13-10-15)11-8-14-6-7-16(21)20(23)19(14)22/h2-7,15H,8-13H2,1H3. The second-order valence-corrected chi connectivity index (χ2v) is 7.74. The van der Waals surface area contributed by atoms with Crippen molar-refractivity contribution in [1.29, 1.82) is 0 Å². The Morgan fingerprint density at radius 3 is 2.50 bits per heavy atom. The number of nitrogens with zero attached hydrogens (tertiary/aromatic N) is 1. The van der Waals surface area contributed by atoms with Crippen molar-refractivity contribution in [3.63, 3.8) is 0 Å². The summed E-state index contributed by atoms with van der Waals surface area (Å²) in [5.41, 5.74) is 0.231. The lowest BCUT2D eigenvalue weighted by molar-refractivity contribution is 0.234. The number of hydrogen-bond acceptors (Lipinski definition) is 3. The molecule has 0 aliphatic carbocycles. The number of para-hydroxylation sites is 1. The number of rotatable bonds is 6. The van der Waals surface area contributed by atoms with Crippen LogP contribution in [0.25, 0.3) is 0 Å². The largest absolute Gasteiger partial charge is 0.496 e. The van der Waals surface area contributed by atoms with Crippen LogP contribution in [0.5, 0.6) is 5.75 Å². The summed E-state index contributed by atoms with van der Waals surface area (Å²) in [5.74, 6) is -2.68. The van der Waals surface area contributed by atoms with Crippen molar-refractivity contribution in [3.8, 4) is 5.75 Å². The topological polar surface area (TPSA) is 12.5 Å². The van der Waals surface area contributed by atoms with E-state index in [4.69, 9.17) is 4.74 Å². The van der Waals surface area contributed by atoms with E-state index in [0.29, 0.717) is 18.2 Å². The summed E-state index contributed by atoms with van der Waals surface area (Å²) in [6.07, 6.45) is 2.44. The van der Waals surface area contributed by atoms with Crippen molar-refractivity contribution in [2.45, 2.75) is 29.4 Å². The molecule has 26 heavy (non-hydrogen) atoms. The van der Waals surface area contributed by atoms with E-state index in [1.165, 1.54) is 6.07 Å². The zero-order valence-corrected chi connectivity index (χ0v) is 15.5. The van der Waals surface area contributed by atoms with Gasteiger partial charge in [0.2, 0.25) is 0 Å². The molecule has 0 unspecified atom stereocenters. The summed E-state index contributed by atoms with van der Waals surface area (Å²) in [7, 11) is 1.68. The maximum atomic E-state index is 13.7. The van der Waals surface area contributed by atoms with Crippen LogP contribution in [0.4, 0.5) is 13.2 Å². The summed E-state index contributed by atoms with van der Waals surface area (Å²) in [6, 6.07) is 10.3. The number of benzene rings is 2. The minimum Gasteiger partial charge on any atom is -0.496 e. The second kappa shape index (κ2) is 8.82. The highest BCUT2D eigenvalue weighted by Gasteiger charge is 2.22. The van der Waals surface area contributed by atoms with Crippen LogP contribution < -0.4 is 4.74 Å². The zero-order valence-electron chi connectivity index (χ0n) is 14.7. The molecule has 1 fully saturated rings. The lowest BCUT2D eigenvalue weighted by Crippen LogP contribution is -2.36. The van der Waals surface area contributed by atoms with E-state index in [-0.39, 0.29) is 5.56 Å². The molecular weight excluding hydrogens is 359 g/mol. The van der Waals surface area contributed by atoms with Gasteiger partial charge in [-0.3, -0.25) is 0 Å². The third kappa shape index (κ3) is 4.54. The molecule has 0 bridgehead atoms. The van der Waals surface area contributed by atoms with Gasteiger partial charge in [-0.05, 0) is 56.1 Å². The van der Waals surface area contributed by atoms with Crippen LogP contribution in [0.15, 0.2) is 41.3 Å². The third-order valence-electron chi connectivity index (χ3n) is 4.71. The smallest absolute Gasteiger partial charge is 0.194 e. The highest BCUT2D eigenvalue weighted by atomic mass is 32.2. The first-order valence-electron chi connectivity index (χ1n) is 8.73. The molecule has 140 valence electrons. The summed E-state index contributed by atoms with van der Waals surface area (Å²) < 4.78 is 45.4. The van der Waals surface area contributed by atoms with E-state index in [0.717, 1.165) is 42.6 Å². The molecule has 2 nitrogen and oxygen atoms in total. The van der Waals surface area contributed by atoms with E-state index in [1.807, 2.05) is 30.0 Å². The summed E-state index contributed by atoms with van der Waals surface area (Å²) >= 11 is 1.84. The van der Waals surface area contributed by atoms with Gasteiger partial charge in [-0.1, -0.05) is 18.2 Å². The van der Waals surface area contributed by atoms with Gasteiger partial charge in [0.1, 0.15) is 5.75 Å². The van der Waals surface area contributed by atoms with Crippen LogP contribution in [0.2, 0.25) is 0 Å². The zero-order chi connectivity index (χ0) is 18.5. The second-order valence-electron chi connectivity index (χ2n) is 6.39. The van der Waals surface area contributed by atoms with Crippen molar-refractivity contribution in [2.24, 2.45) is 0 Å². The molecular formula is C20H22F3NOS. The van der Waals surface area contributed by atoms with Gasteiger partial charge in [-0.2, -0.15) is 0 Å². The molecule has 1 heterocycles. The Hall–Kier alpha value is -1.66. The first-order valence-corrected chi connectivity index (χ1v) is 9.61. The average molecular weight is 381 g/mol.